The Balaban J connectivity index is 2.10. The number of allylic oxidation sites excluding steroid dienone is 1. The molecule has 0 spiro atoms. The second-order valence-electron chi connectivity index (χ2n) is 9.86. The Morgan fingerprint density at radius 1 is 0.684 bits per heavy atom. The molecule has 6 nitrogen and oxygen atoms in total. The van der Waals surface area contributed by atoms with Gasteiger partial charge in [0.2, 0.25) is 0 Å². The van der Waals surface area contributed by atoms with Crippen molar-refractivity contribution in [2.24, 2.45) is 5.92 Å². The van der Waals surface area contributed by atoms with Gasteiger partial charge in [0.25, 0.3) is 0 Å². The van der Waals surface area contributed by atoms with Crippen molar-refractivity contribution in [3.05, 3.63) is 95.6 Å². The zero-order valence-electron chi connectivity index (χ0n) is 22.5. The van der Waals surface area contributed by atoms with Crippen molar-refractivity contribution in [3.63, 3.8) is 0 Å². The predicted molar refractivity (Wildman–Crippen MR) is 148 cm³/mol. The van der Waals surface area contributed by atoms with E-state index in [4.69, 9.17) is 14.2 Å². The first kappa shape index (κ1) is 28.4. The zero-order valence-corrected chi connectivity index (χ0v) is 22.5. The van der Waals surface area contributed by atoms with Crippen LogP contribution in [-0.2, 0) is 14.4 Å². The zero-order chi connectivity index (χ0) is 28.0. The van der Waals surface area contributed by atoms with Crippen LogP contribution in [0, 0.1) is 5.92 Å². The van der Waals surface area contributed by atoms with Gasteiger partial charge in [-0.25, -0.2) is 14.4 Å². The summed E-state index contributed by atoms with van der Waals surface area (Å²) in [4.78, 5) is 36.6. The lowest BCUT2D eigenvalue weighted by molar-refractivity contribution is -0.132. The van der Waals surface area contributed by atoms with Crippen molar-refractivity contribution in [2.45, 2.75) is 53.4 Å². The van der Waals surface area contributed by atoms with Crippen LogP contribution in [0.2, 0.25) is 0 Å². The number of hydrogen-bond acceptors (Lipinski definition) is 6. The Morgan fingerprint density at radius 2 is 1.16 bits per heavy atom. The molecule has 0 atom stereocenters. The van der Waals surface area contributed by atoms with Crippen LogP contribution in [0.25, 0.3) is 5.57 Å². The molecule has 0 saturated heterocycles. The second-order valence-corrected chi connectivity index (χ2v) is 9.86. The molecule has 6 heteroatoms. The molecule has 0 aliphatic heterocycles. The summed E-state index contributed by atoms with van der Waals surface area (Å²) in [5, 5.41) is 0. The molecular weight excluding hydrogens is 480 g/mol. The van der Waals surface area contributed by atoms with Crippen LogP contribution in [0.3, 0.4) is 0 Å². The minimum Gasteiger partial charge on any atom is -0.423 e. The predicted octanol–water partition coefficient (Wildman–Crippen LogP) is 7.14. The summed E-state index contributed by atoms with van der Waals surface area (Å²) >= 11 is 0. The Bertz CT molecular complexity index is 1320. The largest absolute Gasteiger partial charge is 0.423 e. The molecule has 0 heterocycles. The quantitative estimate of drug-likeness (QED) is 0.212. The lowest BCUT2D eigenvalue weighted by Gasteiger charge is -2.25. The van der Waals surface area contributed by atoms with Gasteiger partial charge in [-0.1, -0.05) is 50.4 Å². The fraction of sp³-hybridized carbons (Fsp3) is 0.281. The summed E-state index contributed by atoms with van der Waals surface area (Å²) in [7, 11) is 0. The third-order valence-electron chi connectivity index (χ3n) is 6.27. The smallest absolute Gasteiger partial charge is 0.338 e. The van der Waals surface area contributed by atoms with Crippen LogP contribution >= 0.6 is 0 Å². The molecule has 0 amide bonds. The number of rotatable bonds is 8. The highest BCUT2D eigenvalue weighted by molar-refractivity contribution is 5.92. The van der Waals surface area contributed by atoms with Gasteiger partial charge in [-0.2, -0.15) is 0 Å². The summed E-state index contributed by atoms with van der Waals surface area (Å²) in [5.41, 5.74) is 4.76. The van der Waals surface area contributed by atoms with Crippen molar-refractivity contribution < 1.29 is 28.6 Å². The summed E-state index contributed by atoms with van der Waals surface area (Å²) in [6.07, 6.45) is 3.99. The van der Waals surface area contributed by atoms with E-state index in [0.717, 1.165) is 42.4 Å². The van der Waals surface area contributed by atoms with Crippen molar-refractivity contribution >= 4 is 23.5 Å². The third-order valence-corrected chi connectivity index (χ3v) is 6.27. The molecule has 0 unspecified atom stereocenters. The summed E-state index contributed by atoms with van der Waals surface area (Å²) < 4.78 is 16.4. The normalized spacial score (nSPS) is 14.7. The maximum atomic E-state index is 12.4. The maximum Gasteiger partial charge on any atom is 0.338 e. The SMILES string of the molecule is C=C(C)C(=O)Oc1ccc(C(=C2CCC(C)CC2)c2ccc(OC(=O)C(=C)C)c(OC(=O)C(=C)C)c2)cc1. The van der Waals surface area contributed by atoms with Gasteiger partial charge in [0.15, 0.2) is 11.5 Å². The number of benzene rings is 2. The average molecular weight is 515 g/mol. The van der Waals surface area contributed by atoms with Crippen LogP contribution in [0.4, 0.5) is 0 Å². The van der Waals surface area contributed by atoms with Crippen molar-refractivity contribution in [3.8, 4) is 17.2 Å². The number of carbonyl (C=O) groups is 3. The van der Waals surface area contributed by atoms with Crippen molar-refractivity contribution in [2.75, 3.05) is 0 Å². The molecule has 38 heavy (non-hydrogen) atoms. The Hall–Kier alpha value is -4.19. The van der Waals surface area contributed by atoms with Crippen molar-refractivity contribution in [1.82, 2.24) is 0 Å². The molecule has 198 valence electrons. The molecule has 0 N–H and O–H groups in total. The second kappa shape index (κ2) is 12.4. The lowest BCUT2D eigenvalue weighted by Crippen LogP contribution is -2.13. The van der Waals surface area contributed by atoms with E-state index in [-0.39, 0.29) is 22.6 Å². The van der Waals surface area contributed by atoms with Gasteiger partial charge in [-0.15, -0.1) is 0 Å². The van der Waals surface area contributed by atoms with Crippen LogP contribution in [0.1, 0.15) is 64.5 Å². The Labute approximate surface area is 224 Å². The van der Waals surface area contributed by atoms with Gasteiger partial charge >= 0.3 is 17.9 Å². The summed E-state index contributed by atoms with van der Waals surface area (Å²) in [6, 6.07) is 12.4. The summed E-state index contributed by atoms with van der Waals surface area (Å²) in [6.45, 7) is 17.8. The monoisotopic (exact) mass is 514 g/mol. The first-order valence-electron chi connectivity index (χ1n) is 12.6. The fourth-order valence-electron chi connectivity index (χ4n) is 4.02. The molecule has 0 bridgehead atoms. The highest BCUT2D eigenvalue weighted by atomic mass is 16.6. The molecule has 0 radical (unpaired) electrons. The van der Waals surface area contributed by atoms with E-state index in [1.54, 1.807) is 45.0 Å². The molecular formula is C32H34O6. The van der Waals surface area contributed by atoms with E-state index < -0.39 is 17.9 Å². The van der Waals surface area contributed by atoms with Crippen LogP contribution < -0.4 is 14.2 Å². The van der Waals surface area contributed by atoms with Gasteiger partial charge in [0.1, 0.15) is 5.75 Å². The van der Waals surface area contributed by atoms with E-state index >= 15 is 0 Å². The molecule has 1 aliphatic rings. The minimum absolute atomic E-state index is 0.111. The fourth-order valence-corrected chi connectivity index (χ4v) is 4.02. The van der Waals surface area contributed by atoms with E-state index in [0.29, 0.717) is 17.2 Å². The topological polar surface area (TPSA) is 78.9 Å². The highest BCUT2D eigenvalue weighted by Crippen LogP contribution is 2.40. The molecule has 3 rings (SSSR count). The molecule has 2 aromatic carbocycles. The van der Waals surface area contributed by atoms with Gasteiger partial charge in [0, 0.05) is 16.7 Å². The van der Waals surface area contributed by atoms with Gasteiger partial charge in [-0.3, -0.25) is 0 Å². The Kier molecular flexibility index (Phi) is 9.24. The molecule has 1 aliphatic carbocycles. The minimum atomic E-state index is -0.626. The van der Waals surface area contributed by atoms with E-state index in [9.17, 15) is 14.4 Å². The van der Waals surface area contributed by atoms with E-state index in [1.165, 1.54) is 5.57 Å². The van der Waals surface area contributed by atoms with Gasteiger partial charge < -0.3 is 14.2 Å². The highest BCUT2D eigenvalue weighted by Gasteiger charge is 2.22. The van der Waals surface area contributed by atoms with Crippen LogP contribution in [-0.4, -0.2) is 17.9 Å². The van der Waals surface area contributed by atoms with Crippen LogP contribution in [0.5, 0.6) is 17.2 Å². The maximum absolute atomic E-state index is 12.4. The number of hydrogen-bond donors (Lipinski definition) is 0. The lowest BCUT2D eigenvalue weighted by atomic mass is 9.81. The standard InChI is InChI=1S/C32H34O6/c1-19(2)30(33)36-26-15-12-24(13-16-26)29(23-10-8-22(7)9-11-23)25-14-17-27(37-31(34)20(3)4)28(18-25)38-32(35)21(5)6/h12-18,22H,1,3,5,8-11H2,2,4,6-7H3. The Morgan fingerprint density at radius 3 is 1.68 bits per heavy atom. The van der Waals surface area contributed by atoms with E-state index in [1.807, 2.05) is 18.2 Å². The molecule has 2 aromatic rings. The van der Waals surface area contributed by atoms with E-state index in [2.05, 4.69) is 26.7 Å². The third kappa shape index (κ3) is 7.19. The first-order valence-corrected chi connectivity index (χ1v) is 12.6. The molecule has 1 fully saturated rings. The molecule has 1 saturated carbocycles. The number of carbonyl (C=O) groups excluding carboxylic acids is 3. The van der Waals surface area contributed by atoms with Gasteiger partial charge in [-0.05, 0) is 93.3 Å². The van der Waals surface area contributed by atoms with Gasteiger partial charge in [0.05, 0.1) is 0 Å². The average Bonchev–Trinajstić information content (AvgIpc) is 2.87. The summed E-state index contributed by atoms with van der Waals surface area (Å²) in [5.74, 6) is -0.452. The number of ether oxygens (including phenoxy) is 3. The van der Waals surface area contributed by atoms with Crippen molar-refractivity contribution in [1.29, 1.82) is 0 Å². The number of esters is 3. The van der Waals surface area contributed by atoms with Crippen LogP contribution in [0.15, 0.2) is 84.5 Å². The first-order chi connectivity index (χ1) is 18.0. The molecule has 0 aromatic heterocycles.